The fraction of sp³-hybridized carbons (Fsp3) is 0.235. The summed E-state index contributed by atoms with van der Waals surface area (Å²) < 4.78 is 45.7. The van der Waals surface area contributed by atoms with Crippen molar-refractivity contribution in [2.75, 3.05) is 7.11 Å². The van der Waals surface area contributed by atoms with Crippen molar-refractivity contribution in [1.82, 2.24) is 4.72 Å². The van der Waals surface area contributed by atoms with Crippen LogP contribution < -0.4 is 4.72 Å². The molecule has 0 amide bonds. The topological polar surface area (TPSA) is 72.5 Å². The van der Waals surface area contributed by atoms with Crippen LogP contribution in [0.4, 0.5) is 4.39 Å². The van der Waals surface area contributed by atoms with E-state index in [0.29, 0.717) is 11.1 Å². The van der Waals surface area contributed by atoms with E-state index in [1.54, 1.807) is 19.9 Å². The predicted octanol–water partition coefficient (Wildman–Crippen LogP) is 2.96. The molecule has 0 spiro atoms. The number of methoxy groups -OCH3 is 1. The zero-order chi connectivity index (χ0) is 17.9. The Kier molecular flexibility index (Phi) is 5.36. The minimum atomic E-state index is -3.90. The maximum absolute atomic E-state index is 13.3. The number of halogens is 1. The molecule has 2 rings (SSSR count). The first-order valence-electron chi connectivity index (χ1n) is 7.21. The Bertz CT molecular complexity index is 865. The number of hydrogen-bond donors (Lipinski definition) is 1. The van der Waals surface area contributed by atoms with E-state index in [-0.39, 0.29) is 10.5 Å². The summed E-state index contributed by atoms with van der Waals surface area (Å²) in [5, 5.41) is 0. The molecule has 128 valence electrons. The smallest absolute Gasteiger partial charge is 0.337 e. The molecule has 0 fully saturated rings. The maximum Gasteiger partial charge on any atom is 0.337 e. The van der Waals surface area contributed by atoms with Crippen LogP contribution in [0.1, 0.15) is 34.5 Å². The van der Waals surface area contributed by atoms with Crippen molar-refractivity contribution in [3.8, 4) is 0 Å². The normalized spacial score (nSPS) is 12.7. The summed E-state index contributed by atoms with van der Waals surface area (Å²) in [4.78, 5) is 11.6. The molecule has 0 heterocycles. The Hall–Kier alpha value is -2.25. The van der Waals surface area contributed by atoms with Crippen molar-refractivity contribution >= 4 is 16.0 Å². The molecule has 0 bridgehead atoms. The quantitative estimate of drug-likeness (QED) is 0.841. The van der Waals surface area contributed by atoms with E-state index in [4.69, 9.17) is 0 Å². The number of esters is 1. The van der Waals surface area contributed by atoms with E-state index in [9.17, 15) is 17.6 Å². The molecule has 5 nitrogen and oxygen atoms in total. The highest BCUT2D eigenvalue weighted by Gasteiger charge is 2.22. The number of aryl methyl sites for hydroxylation is 1. The van der Waals surface area contributed by atoms with Crippen molar-refractivity contribution in [2.24, 2.45) is 0 Å². The summed E-state index contributed by atoms with van der Waals surface area (Å²) in [6.45, 7) is 3.24. The number of carbonyl (C=O) groups is 1. The van der Waals surface area contributed by atoms with Crippen molar-refractivity contribution in [3.63, 3.8) is 0 Å². The molecule has 0 aromatic heterocycles. The summed E-state index contributed by atoms with van der Waals surface area (Å²) in [7, 11) is -2.67. The van der Waals surface area contributed by atoms with E-state index in [2.05, 4.69) is 9.46 Å². The van der Waals surface area contributed by atoms with Gasteiger partial charge in [0.2, 0.25) is 10.0 Å². The fourth-order valence-corrected chi connectivity index (χ4v) is 3.78. The van der Waals surface area contributed by atoms with Crippen LogP contribution in [-0.2, 0) is 14.8 Å². The van der Waals surface area contributed by atoms with Crippen LogP contribution in [0.2, 0.25) is 0 Å². The fourth-order valence-electron chi connectivity index (χ4n) is 2.27. The van der Waals surface area contributed by atoms with Gasteiger partial charge in [0.25, 0.3) is 0 Å². The molecular formula is C17H18FNO4S. The molecule has 2 aromatic carbocycles. The molecule has 0 unspecified atom stereocenters. The minimum Gasteiger partial charge on any atom is -0.465 e. The highest BCUT2D eigenvalue weighted by Crippen LogP contribution is 2.21. The Morgan fingerprint density at radius 3 is 2.54 bits per heavy atom. The summed E-state index contributed by atoms with van der Waals surface area (Å²) in [5.41, 5.74) is 1.13. The van der Waals surface area contributed by atoms with Gasteiger partial charge in [-0.1, -0.05) is 18.2 Å². The van der Waals surface area contributed by atoms with Crippen molar-refractivity contribution in [2.45, 2.75) is 24.8 Å². The first kappa shape index (κ1) is 18.1. The predicted molar refractivity (Wildman–Crippen MR) is 87.7 cm³/mol. The third-order valence-corrected chi connectivity index (χ3v) is 5.26. The number of benzene rings is 2. The molecule has 2 aromatic rings. The summed E-state index contributed by atoms with van der Waals surface area (Å²) >= 11 is 0. The van der Waals surface area contributed by atoms with Crippen LogP contribution >= 0.6 is 0 Å². The van der Waals surface area contributed by atoms with Gasteiger partial charge in [0.05, 0.1) is 17.6 Å². The van der Waals surface area contributed by atoms with Crippen molar-refractivity contribution in [3.05, 3.63) is 65.0 Å². The number of ether oxygens (including phenoxy) is 1. The molecule has 7 heteroatoms. The first-order valence-corrected chi connectivity index (χ1v) is 8.69. The van der Waals surface area contributed by atoms with Gasteiger partial charge in [-0.15, -0.1) is 0 Å². The lowest BCUT2D eigenvalue weighted by Crippen LogP contribution is -2.27. The summed E-state index contributed by atoms with van der Waals surface area (Å²) in [5.74, 6) is -1.06. The summed E-state index contributed by atoms with van der Waals surface area (Å²) in [6.07, 6.45) is 0. The molecule has 0 aliphatic heterocycles. The van der Waals surface area contributed by atoms with E-state index in [0.717, 1.165) is 0 Å². The van der Waals surface area contributed by atoms with Crippen LogP contribution in [0.15, 0.2) is 47.4 Å². The molecule has 1 N–H and O–H groups in total. The van der Waals surface area contributed by atoms with Gasteiger partial charge in [0.15, 0.2) is 0 Å². The van der Waals surface area contributed by atoms with Crippen LogP contribution in [0.25, 0.3) is 0 Å². The zero-order valence-electron chi connectivity index (χ0n) is 13.5. The van der Waals surface area contributed by atoms with Gasteiger partial charge in [-0.05, 0) is 49.2 Å². The zero-order valence-corrected chi connectivity index (χ0v) is 14.4. The van der Waals surface area contributed by atoms with Gasteiger partial charge in [-0.25, -0.2) is 22.3 Å². The van der Waals surface area contributed by atoms with Crippen LogP contribution in [0.3, 0.4) is 0 Å². The average molecular weight is 351 g/mol. The summed E-state index contributed by atoms with van der Waals surface area (Å²) in [6, 6.07) is 9.37. The van der Waals surface area contributed by atoms with Crippen molar-refractivity contribution < 1.29 is 22.3 Å². The Morgan fingerprint density at radius 2 is 1.92 bits per heavy atom. The Balaban J connectivity index is 2.35. The SMILES string of the molecule is COC(=O)c1ccc(C)c(S(=O)(=O)N[C@@H](C)c2cccc(F)c2)c1. The van der Waals surface area contributed by atoms with Crippen LogP contribution in [0.5, 0.6) is 0 Å². The second-order valence-corrected chi connectivity index (χ2v) is 7.05. The minimum absolute atomic E-state index is 0.0198. The van der Waals surface area contributed by atoms with Crippen molar-refractivity contribution in [1.29, 1.82) is 0 Å². The molecule has 0 aliphatic rings. The van der Waals surface area contributed by atoms with Gasteiger partial charge in [0.1, 0.15) is 5.82 Å². The second kappa shape index (κ2) is 7.11. The molecule has 0 saturated heterocycles. The molecule has 0 radical (unpaired) electrons. The Labute approximate surface area is 140 Å². The van der Waals surface area contributed by atoms with Gasteiger partial charge in [-0.2, -0.15) is 0 Å². The van der Waals surface area contributed by atoms with Gasteiger partial charge in [0, 0.05) is 6.04 Å². The Morgan fingerprint density at radius 1 is 1.21 bits per heavy atom. The highest BCUT2D eigenvalue weighted by molar-refractivity contribution is 7.89. The monoisotopic (exact) mass is 351 g/mol. The molecule has 0 saturated carbocycles. The average Bonchev–Trinajstić information content (AvgIpc) is 2.54. The maximum atomic E-state index is 13.3. The number of nitrogens with one attached hydrogen (secondary N) is 1. The largest absolute Gasteiger partial charge is 0.465 e. The van der Waals surface area contributed by atoms with Gasteiger partial charge >= 0.3 is 5.97 Å². The highest BCUT2D eigenvalue weighted by atomic mass is 32.2. The lowest BCUT2D eigenvalue weighted by atomic mass is 10.1. The lowest BCUT2D eigenvalue weighted by Gasteiger charge is -2.16. The van der Waals surface area contributed by atoms with E-state index in [1.807, 2.05) is 0 Å². The van der Waals surface area contributed by atoms with Crippen LogP contribution in [0, 0.1) is 12.7 Å². The number of carbonyl (C=O) groups excluding carboxylic acids is 1. The first-order chi connectivity index (χ1) is 11.2. The van der Waals surface area contributed by atoms with Gasteiger partial charge < -0.3 is 4.74 Å². The lowest BCUT2D eigenvalue weighted by molar-refractivity contribution is 0.0600. The molecule has 1 atom stereocenters. The second-order valence-electron chi connectivity index (χ2n) is 5.37. The molecule has 24 heavy (non-hydrogen) atoms. The van der Waals surface area contributed by atoms with Gasteiger partial charge in [-0.3, -0.25) is 0 Å². The number of sulfonamides is 1. The number of hydrogen-bond acceptors (Lipinski definition) is 4. The van der Waals surface area contributed by atoms with E-state index < -0.39 is 27.9 Å². The third-order valence-electron chi connectivity index (χ3n) is 3.58. The van der Waals surface area contributed by atoms with Crippen LogP contribution in [-0.4, -0.2) is 21.5 Å². The standard InChI is InChI=1S/C17H18FNO4S/c1-11-7-8-14(17(20)23-3)10-16(11)24(21,22)19-12(2)13-5-4-6-15(18)9-13/h4-10,12,19H,1-3H3/t12-/m0/s1. The molecule has 0 aliphatic carbocycles. The van der Waals surface area contributed by atoms with E-state index in [1.165, 1.54) is 43.5 Å². The molecular weight excluding hydrogens is 333 g/mol. The third kappa shape index (κ3) is 3.98. The number of rotatable bonds is 5. The van der Waals surface area contributed by atoms with E-state index >= 15 is 0 Å².